The van der Waals surface area contributed by atoms with E-state index >= 15 is 0 Å². The Bertz CT molecular complexity index is 1340. The minimum atomic E-state index is 0.604. The van der Waals surface area contributed by atoms with Crippen LogP contribution in [0, 0.1) is 13.8 Å². The van der Waals surface area contributed by atoms with Crippen LogP contribution in [0.15, 0.2) is 89.3 Å². The number of aryl methyl sites for hydroxylation is 2. The molecule has 0 bridgehead atoms. The Morgan fingerprint density at radius 2 is 1.47 bits per heavy atom. The van der Waals surface area contributed by atoms with Crippen molar-refractivity contribution in [1.82, 2.24) is 0 Å². The highest BCUT2D eigenvalue weighted by Crippen LogP contribution is 2.32. The lowest BCUT2D eigenvalue weighted by Crippen LogP contribution is -2.02. The van der Waals surface area contributed by atoms with Crippen LogP contribution in [0.1, 0.15) is 16.7 Å². The van der Waals surface area contributed by atoms with E-state index in [4.69, 9.17) is 9.15 Å². The number of fused-ring (bicyclic) bond motifs is 3. The largest absolute Gasteiger partial charge is 0.493 e. The van der Waals surface area contributed by atoms with Gasteiger partial charge in [-0.25, -0.2) is 0 Å². The predicted molar refractivity (Wildman–Crippen MR) is 124 cm³/mol. The van der Waals surface area contributed by atoms with Crippen LogP contribution in [0.2, 0.25) is 0 Å². The second-order valence-corrected chi connectivity index (χ2v) is 7.78. The summed E-state index contributed by atoms with van der Waals surface area (Å²) >= 11 is 0. The highest BCUT2D eigenvalue weighted by atomic mass is 16.5. The molecule has 1 heterocycles. The first kappa shape index (κ1) is 18.5. The van der Waals surface area contributed by atoms with Gasteiger partial charge < -0.3 is 9.15 Å². The smallest absolute Gasteiger partial charge is 0.138 e. The number of furan rings is 1. The minimum absolute atomic E-state index is 0.604. The lowest BCUT2D eigenvalue weighted by atomic mass is 9.96. The zero-order valence-electron chi connectivity index (χ0n) is 17.3. The average Bonchev–Trinajstić information content (AvgIpc) is 3.15. The van der Waals surface area contributed by atoms with Gasteiger partial charge in [0.25, 0.3) is 0 Å². The van der Waals surface area contributed by atoms with Gasteiger partial charge in [-0.3, -0.25) is 0 Å². The van der Waals surface area contributed by atoms with E-state index in [0.29, 0.717) is 6.61 Å². The molecule has 0 aliphatic heterocycles. The fraction of sp³-hybridized carbons (Fsp3) is 0.143. The molecule has 0 atom stereocenters. The molecule has 2 nitrogen and oxygen atoms in total. The van der Waals surface area contributed by atoms with Crippen molar-refractivity contribution in [1.29, 1.82) is 0 Å². The van der Waals surface area contributed by atoms with E-state index in [1.54, 1.807) is 0 Å². The molecule has 0 aliphatic carbocycles. The Morgan fingerprint density at radius 1 is 0.700 bits per heavy atom. The van der Waals surface area contributed by atoms with Crippen molar-refractivity contribution < 1.29 is 9.15 Å². The predicted octanol–water partition coefficient (Wildman–Crippen LogP) is 7.49. The van der Waals surface area contributed by atoms with E-state index in [9.17, 15) is 0 Å². The topological polar surface area (TPSA) is 22.4 Å². The van der Waals surface area contributed by atoms with Gasteiger partial charge >= 0.3 is 0 Å². The normalized spacial score (nSPS) is 11.3. The molecule has 30 heavy (non-hydrogen) atoms. The summed E-state index contributed by atoms with van der Waals surface area (Å²) in [5.74, 6) is 0.899. The van der Waals surface area contributed by atoms with Gasteiger partial charge in [-0.15, -0.1) is 0 Å². The lowest BCUT2D eigenvalue weighted by molar-refractivity contribution is 0.322. The standard InChI is InChI=1S/C28H24O2/c1-19-8-3-4-10-23(19)26-18-22(15-14-20(26)2)29-17-16-21-9-7-12-25-24-11-5-6-13-27(24)30-28(21)25/h3-15,18H,16-17H2,1-2H3. The molecular formula is C28H24O2. The highest BCUT2D eigenvalue weighted by Gasteiger charge is 2.11. The van der Waals surface area contributed by atoms with Crippen molar-refractivity contribution in [2.75, 3.05) is 6.61 Å². The van der Waals surface area contributed by atoms with E-state index in [0.717, 1.165) is 28.7 Å². The van der Waals surface area contributed by atoms with Gasteiger partial charge in [0.15, 0.2) is 0 Å². The van der Waals surface area contributed by atoms with Crippen LogP contribution in [0.3, 0.4) is 0 Å². The molecule has 2 heteroatoms. The summed E-state index contributed by atoms with van der Waals surface area (Å²) in [7, 11) is 0. The average molecular weight is 392 g/mol. The van der Waals surface area contributed by atoms with Gasteiger partial charge in [0.1, 0.15) is 16.9 Å². The molecule has 148 valence electrons. The van der Waals surface area contributed by atoms with E-state index in [2.05, 4.69) is 86.6 Å². The van der Waals surface area contributed by atoms with Crippen molar-refractivity contribution in [3.63, 3.8) is 0 Å². The summed E-state index contributed by atoms with van der Waals surface area (Å²) in [6.45, 7) is 4.90. The SMILES string of the molecule is Cc1ccccc1-c1cc(OCCc2cccc3c2oc2ccccc23)ccc1C. The lowest BCUT2D eigenvalue weighted by Gasteiger charge is -2.13. The summed E-state index contributed by atoms with van der Waals surface area (Å²) < 4.78 is 12.3. The number of para-hydroxylation sites is 2. The molecule has 0 aliphatic rings. The van der Waals surface area contributed by atoms with Crippen molar-refractivity contribution >= 4 is 21.9 Å². The third-order valence-corrected chi connectivity index (χ3v) is 5.77. The number of ether oxygens (including phenoxy) is 1. The number of hydrogen-bond donors (Lipinski definition) is 0. The maximum Gasteiger partial charge on any atom is 0.138 e. The molecule has 0 saturated carbocycles. The third kappa shape index (κ3) is 3.35. The molecular weight excluding hydrogens is 368 g/mol. The maximum atomic E-state index is 6.15. The van der Waals surface area contributed by atoms with Gasteiger partial charge in [0.05, 0.1) is 6.61 Å². The highest BCUT2D eigenvalue weighted by molar-refractivity contribution is 6.05. The van der Waals surface area contributed by atoms with Crippen LogP contribution in [0.4, 0.5) is 0 Å². The zero-order chi connectivity index (χ0) is 20.5. The Hall–Kier alpha value is -3.52. The van der Waals surface area contributed by atoms with Crippen LogP contribution >= 0.6 is 0 Å². The van der Waals surface area contributed by atoms with Crippen LogP contribution in [-0.2, 0) is 6.42 Å². The first-order chi connectivity index (χ1) is 14.7. The fourth-order valence-electron chi connectivity index (χ4n) is 4.14. The fourth-order valence-corrected chi connectivity index (χ4v) is 4.14. The molecule has 0 radical (unpaired) electrons. The number of rotatable bonds is 5. The second-order valence-electron chi connectivity index (χ2n) is 7.78. The molecule has 0 spiro atoms. The molecule has 0 N–H and O–H groups in total. The molecule has 5 aromatic rings. The van der Waals surface area contributed by atoms with Gasteiger partial charge in [-0.2, -0.15) is 0 Å². The summed E-state index contributed by atoms with van der Waals surface area (Å²) in [5, 5.41) is 2.33. The summed E-state index contributed by atoms with van der Waals surface area (Å²) in [4.78, 5) is 0. The van der Waals surface area contributed by atoms with Crippen LogP contribution < -0.4 is 4.74 Å². The number of benzene rings is 4. The molecule has 0 unspecified atom stereocenters. The first-order valence-corrected chi connectivity index (χ1v) is 10.4. The van der Waals surface area contributed by atoms with Crippen molar-refractivity contribution in [3.8, 4) is 16.9 Å². The second kappa shape index (κ2) is 7.72. The monoisotopic (exact) mass is 392 g/mol. The van der Waals surface area contributed by atoms with Gasteiger partial charge in [-0.05, 0) is 59.9 Å². The summed E-state index contributed by atoms with van der Waals surface area (Å²) in [6.07, 6.45) is 0.796. The Labute approximate surface area is 176 Å². The van der Waals surface area contributed by atoms with Crippen molar-refractivity contribution in [2.24, 2.45) is 0 Å². The Morgan fingerprint density at radius 3 is 2.37 bits per heavy atom. The molecule has 5 rings (SSSR count). The van der Waals surface area contributed by atoms with E-state index < -0.39 is 0 Å². The third-order valence-electron chi connectivity index (χ3n) is 5.77. The summed E-state index contributed by atoms with van der Waals surface area (Å²) in [5.41, 5.74) is 8.08. The van der Waals surface area contributed by atoms with Crippen LogP contribution in [0.5, 0.6) is 5.75 Å². The molecule has 1 aromatic heterocycles. The Balaban J connectivity index is 1.38. The zero-order valence-corrected chi connectivity index (χ0v) is 17.3. The molecule has 0 saturated heterocycles. The summed E-state index contributed by atoms with van der Waals surface area (Å²) in [6, 6.07) is 29.4. The molecule has 4 aromatic carbocycles. The molecule has 0 fully saturated rings. The van der Waals surface area contributed by atoms with Gasteiger partial charge in [0.2, 0.25) is 0 Å². The van der Waals surface area contributed by atoms with E-state index in [-0.39, 0.29) is 0 Å². The van der Waals surface area contributed by atoms with Crippen molar-refractivity contribution in [3.05, 3.63) is 102 Å². The first-order valence-electron chi connectivity index (χ1n) is 10.4. The maximum absolute atomic E-state index is 6.15. The van der Waals surface area contributed by atoms with Gasteiger partial charge in [0, 0.05) is 17.2 Å². The number of hydrogen-bond acceptors (Lipinski definition) is 2. The molecule has 0 amide bonds. The van der Waals surface area contributed by atoms with Crippen molar-refractivity contribution in [2.45, 2.75) is 20.3 Å². The van der Waals surface area contributed by atoms with Gasteiger partial charge in [-0.1, -0.05) is 66.7 Å². The quantitative estimate of drug-likeness (QED) is 0.309. The van der Waals surface area contributed by atoms with Crippen LogP contribution in [0.25, 0.3) is 33.1 Å². The minimum Gasteiger partial charge on any atom is -0.493 e. The van der Waals surface area contributed by atoms with Crippen LogP contribution in [-0.4, -0.2) is 6.61 Å². The van der Waals surface area contributed by atoms with E-state index in [1.165, 1.54) is 33.2 Å². The van der Waals surface area contributed by atoms with E-state index in [1.807, 2.05) is 12.1 Å². The Kier molecular flexibility index (Phi) is 4.76.